The standard InChI is InChI=1S/C13H17NO4/c1-10(8-17-11(2)15)14-13(16)18-9-12-6-4-3-5-7-12/h3-7,10H,8-9H2,1-2H3,(H,14,16). The third kappa shape index (κ3) is 5.89. The van der Waals surface area contributed by atoms with Crippen LogP contribution >= 0.6 is 0 Å². The van der Waals surface area contributed by atoms with Crippen LogP contribution in [0, 0.1) is 0 Å². The Balaban J connectivity index is 2.23. The molecule has 18 heavy (non-hydrogen) atoms. The van der Waals surface area contributed by atoms with Gasteiger partial charge in [0.05, 0.1) is 6.04 Å². The van der Waals surface area contributed by atoms with Gasteiger partial charge in [-0.3, -0.25) is 4.79 Å². The van der Waals surface area contributed by atoms with Crippen molar-refractivity contribution in [1.82, 2.24) is 5.32 Å². The number of esters is 1. The smallest absolute Gasteiger partial charge is 0.407 e. The number of amides is 1. The Kier molecular flexibility index (Phi) is 5.70. The lowest BCUT2D eigenvalue weighted by Gasteiger charge is -2.13. The summed E-state index contributed by atoms with van der Waals surface area (Å²) in [6.07, 6.45) is -0.529. The molecule has 1 N–H and O–H groups in total. The Hall–Kier alpha value is -2.04. The average Bonchev–Trinajstić information content (AvgIpc) is 2.35. The molecule has 5 heteroatoms. The van der Waals surface area contributed by atoms with Crippen molar-refractivity contribution in [1.29, 1.82) is 0 Å². The fourth-order valence-electron chi connectivity index (χ4n) is 1.25. The first-order valence-electron chi connectivity index (χ1n) is 5.68. The maximum atomic E-state index is 11.4. The summed E-state index contributed by atoms with van der Waals surface area (Å²) in [4.78, 5) is 22.0. The zero-order valence-corrected chi connectivity index (χ0v) is 10.5. The van der Waals surface area contributed by atoms with Crippen molar-refractivity contribution in [2.75, 3.05) is 6.61 Å². The van der Waals surface area contributed by atoms with Crippen molar-refractivity contribution in [2.24, 2.45) is 0 Å². The predicted molar refractivity (Wildman–Crippen MR) is 65.9 cm³/mol. The Bertz CT molecular complexity index is 391. The lowest BCUT2D eigenvalue weighted by molar-refractivity contribution is -0.141. The number of hydrogen-bond acceptors (Lipinski definition) is 4. The molecule has 0 aliphatic heterocycles. The van der Waals surface area contributed by atoms with E-state index in [-0.39, 0.29) is 25.2 Å². The van der Waals surface area contributed by atoms with Gasteiger partial charge >= 0.3 is 12.1 Å². The highest BCUT2D eigenvalue weighted by atomic mass is 16.6. The first kappa shape index (κ1) is 14.0. The molecule has 0 saturated heterocycles. The molecule has 0 saturated carbocycles. The van der Waals surface area contributed by atoms with Crippen LogP contribution in [-0.2, 0) is 20.9 Å². The minimum Gasteiger partial charge on any atom is -0.464 e. The molecule has 0 radical (unpaired) electrons. The molecule has 0 bridgehead atoms. The van der Waals surface area contributed by atoms with E-state index in [1.165, 1.54) is 6.92 Å². The van der Waals surface area contributed by atoms with Crippen molar-refractivity contribution in [3.05, 3.63) is 35.9 Å². The minimum atomic E-state index is -0.529. The first-order valence-corrected chi connectivity index (χ1v) is 5.68. The monoisotopic (exact) mass is 251 g/mol. The van der Waals surface area contributed by atoms with Gasteiger partial charge in [-0.2, -0.15) is 0 Å². The number of benzene rings is 1. The molecule has 1 amide bonds. The van der Waals surface area contributed by atoms with E-state index in [1.54, 1.807) is 6.92 Å². The van der Waals surface area contributed by atoms with Gasteiger partial charge in [0, 0.05) is 6.92 Å². The normalized spacial score (nSPS) is 11.4. The molecular weight excluding hydrogens is 234 g/mol. The van der Waals surface area contributed by atoms with E-state index in [9.17, 15) is 9.59 Å². The largest absolute Gasteiger partial charge is 0.464 e. The lowest BCUT2D eigenvalue weighted by atomic mass is 10.2. The SMILES string of the molecule is CC(=O)OCC(C)NC(=O)OCc1ccccc1. The van der Waals surface area contributed by atoms with E-state index in [2.05, 4.69) is 5.32 Å². The summed E-state index contributed by atoms with van der Waals surface area (Å²) in [5.74, 6) is -0.374. The van der Waals surface area contributed by atoms with E-state index in [0.717, 1.165) is 5.56 Å². The van der Waals surface area contributed by atoms with Crippen molar-refractivity contribution in [3.8, 4) is 0 Å². The summed E-state index contributed by atoms with van der Waals surface area (Å²) >= 11 is 0. The Morgan fingerprint density at radius 3 is 2.50 bits per heavy atom. The van der Waals surface area contributed by atoms with Crippen LogP contribution < -0.4 is 5.32 Å². The summed E-state index contributed by atoms with van der Waals surface area (Å²) in [5.41, 5.74) is 0.917. The van der Waals surface area contributed by atoms with E-state index < -0.39 is 6.09 Å². The zero-order chi connectivity index (χ0) is 13.4. The van der Waals surface area contributed by atoms with Crippen LogP contribution in [0.15, 0.2) is 30.3 Å². The van der Waals surface area contributed by atoms with E-state index in [1.807, 2.05) is 30.3 Å². The van der Waals surface area contributed by atoms with Crippen molar-refractivity contribution in [3.63, 3.8) is 0 Å². The number of hydrogen-bond donors (Lipinski definition) is 1. The summed E-state index contributed by atoms with van der Waals surface area (Å²) in [6.45, 7) is 3.40. The number of carbonyl (C=O) groups is 2. The van der Waals surface area contributed by atoms with Crippen LogP contribution in [0.5, 0.6) is 0 Å². The molecule has 1 unspecified atom stereocenters. The maximum absolute atomic E-state index is 11.4. The Labute approximate surface area is 106 Å². The number of ether oxygens (including phenoxy) is 2. The van der Waals surface area contributed by atoms with E-state index in [0.29, 0.717) is 0 Å². The molecular formula is C13H17NO4. The van der Waals surface area contributed by atoms with Crippen LogP contribution in [-0.4, -0.2) is 24.7 Å². The minimum absolute atomic E-state index is 0.135. The van der Waals surface area contributed by atoms with Gasteiger partial charge < -0.3 is 14.8 Å². The predicted octanol–water partition coefficient (Wildman–Crippen LogP) is 1.86. The molecule has 1 atom stereocenters. The molecule has 98 valence electrons. The van der Waals surface area contributed by atoms with Crippen molar-refractivity contribution < 1.29 is 19.1 Å². The van der Waals surface area contributed by atoms with E-state index in [4.69, 9.17) is 9.47 Å². The summed E-state index contributed by atoms with van der Waals surface area (Å²) in [5, 5.41) is 2.57. The first-order chi connectivity index (χ1) is 8.58. The number of rotatable bonds is 5. The lowest BCUT2D eigenvalue weighted by Crippen LogP contribution is -2.36. The van der Waals surface area contributed by atoms with Gasteiger partial charge in [0.15, 0.2) is 0 Å². The van der Waals surface area contributed by atoms with Gasteiger partial charge in [0.1, 0.15) is 13.2 Å². The molecule has 0 aromatic heterocycles. The van der Waals surface area contributed by atoms with Gasteiger partial charge in [-0.15, -0.1) is 0 Å². The third-order valence-corrected chi connectivity index (χ3v) is 2.11. The van der Waals surface area contributed by atoms with Crippen LogP contribution in [0.1, 0.15) is 19.4 Å². The Morgan fingerprint density at radius 1 is 1.22 bits per heavy atom. The molecule has 0 aliphatic rings. The molecule has 5 nitrogen and oxygen atoms in total. The highest BCUT2D eigenvalue weighted by Gasteiger charge is 2.09. The van der Waals surface area contributed by atoms with Crippen LogP contribution in [0.4, 0.5) is 4.79 Å². The van der Waals surface area contributed by atoms with Crippen molar-refractivity contribution >= 4 is 12.1 Å². The van der Waals surface area contributed by atoms with E-state index >= 15 is 0 Å². The zero-order valence-electron chi connectivity index (χ0n) is 10.5. The number of nitrogens with one attached hydrogen (secondary N) is 1. The Morgan fingerprint density at radius 2 is 1.89 bits per heavy atom. The summed E-state index contributed by atoms with van der Waals surface area (Å²) < 4.78 is 9.77. The summed E-state index contributed by atoms with van der Waals surface area (Å²) in [6, 6.07) is 9.10. The second kappa shape index (κ2) is 7.32. The van der Waals surface area contributed by atoms with Crippen LogP contribution in [0.3, 0.4) is 0 Å². The molecule has 0 fully saturated rings. The molecule has 1 aromatic carbocycles. The van der Waals surface area contributed by atoms with Gasteiger partial charge in [0.2, 0.25) is 0 Å². The maximum Gasteiger partial charge on any atom is 0.407 e. The fourth-order valence-corrected chi connectivity index (χ4v) is 1.25. The topological polar surface area (TPSA) is 64.6 Å². The number of carbonyl (C=O) groups excluding carboxylic acids is 2. The van der Waals surface area contributed by atoms with Gasteiger partial charge in [-0.1, -0.05) is 30.3 Å². The van der Waals surface area contributed by atoms with Crippen LogP contribution in [0.25, 0.3) is 0 Å². The molecule has 1 rings (SSSR count). The second-order valence-electron chi connectivity index (χ2n) is 3.91. The summed E-state index contributed by atoms with van der Waals surface area (Å²) in [7, 11) is 0. The third-order valence-electron chi connectivity index (χ3n) is 2.11. The highest BCUT2D eigenvalue weighted by Crippen LogP contribution is 2.00. The quantitative estimate of drug-likeness (QED) is 0.811. The molecule has 1 aromatic rings. The molecule has 0 heterocycles. The fraction of sp³-hybridized carbons (Fsp3) is 0.385. The molecule has 0 spiro atoms. The molecule has 0 aliphatic carbocycles. The van der Waals surface area contributed by atoms with Gasteiger partial charge in [-0.05, 0) is 12.5 Å². The second-order valence-corrected chi connectivity index (χ2v) is 3.91. The van der Waals surface area contributed by atoms with Crippen LogP contribution in [0.2, 0.25) is 0 Å². The van der Waals surface area contributed by atoms with Gasteiger partial charge in [-0.25, -0.2) is 4.79 Å². The van der Waals surface area contributed by atoms with Gasteiger partial charge in [0.25, 0.3) is 0 Å². The number of alkyl carbamates (subject to hydrolysis) is 1. The average molecular weight is 251 g/mol. The highest BCUT2D eigenvalue weighted by molar-refractivity contribution is 5.68. The van der Waals surface area contributed by atoms with Crippen molar-refractivity contribution in [2.45, 2.75) is 26.5 Å².